The molecule has 0 radical (unpaired) electrons. The van der Waals surface area contributed by atoms with Crippen LogP contribution in [0, 0.1) is 22.7 Å². The minimum atomic E-state index is 0.216. The molecule has 2 unspecified atom stereocenters. The summed E-state index contributed by atoms with van der Waals surface area (Å²) in [5, 5.41) is 0. The number of rotatable bonds is 8. The fourth-order valence-electron chi connectivity index (χ4n) is 4.42. The molecule has 0 N–H and O–H groups in total. The summed E-state index contributed by atoms with van der Waals surface area (Å²) in [6.45, 7) is 7.75. The van der Waals surface area contributed by atoms with E-state index in [1.807, 2.05) is 24.3 Å². The third-order valence-corrected chi connectivity index (χ3v) is 6.67. The minimum absolute atomic E-state index is 0.216. The Kier molecular flexibility index (Phi) is 4.24. The van der Waals surface area contributed by atoms with E-state index in [0.717, 1.165) is 56.2 Å². The van der Waals surface area contributed by atoms with Gasteiger partial charge in [0.25, 0.3) is 0 Å². The first-order chi connectivity index (χ1) is 11.7. The highest BCUT2D eigenvalue weighted by atomic mass is 16.5. The molecule has 1 saturated heterocycles. The number of fused-ring (bicyclic) bond motifs is 1. The Morgan fingerprint density at radius 1 is 0.958 bits per heavy atom. The maximum Gasteiger partial charge on any atom is 0.123 e. The van der Waals surface area contributed by atoms with Crippen molar-refractivity contribution in [3.05, 3.63) is 24.3 Å². The van der Waals surface area contributed by atoms with Crippen LogP contribution < -0.4 is 9.47 Å². The zero-order valence-electron chi connectivity index (χ0n) is 15.1. The van der Waals surface area contributed by atoms with Gasteiger partial charge in [-0.25, -0.2) is 0 Å². The molecule has 132 valence electrons. The predicted octanol–water partition coefficient (Wildman–Crippen LogP) is 4.70. The van der Waals surface area contributed by atoms with Gasteiger partial charge in [0.1, 0.15) is 11.5 Å². The van der Waals surface area contributed by atoms with Crippen molar-refractivity contribution in [3.63, 3.8) is 0 Å². The average Bonchev–Trinajstić information content (AvgIpc) is 3.20. The molecular formula is C21H30O3. The van der Waals surface area contributed by atoms with Gasteiger partial charge in [-0.15, -0.1) is 0 Å². The van der Waals surface area contributed by atoms with Gasteiger partial charge in [-0.3, -0.25) is 0 Å². The van der Waals surface area contributed by atoms with Gasteiger partial charge in [-0.05, 0) is 56.1 Å². The summed E-state index contributed by atoms with van der Waals surface area (Å²) in [6, 6.07) is 8.15. The molecule has 3 fully saturated rings. The topological polar surface area (TPSA) is 27.7 Å². The van der Waals surface area contributed by atoms with Gasteiger partial charge in [-0.2, -0.15) is 0 Å². The summed E-state index contributed by atoms with van der Waals surface area (Å²) >= 11 is 0. The van der Waals surface area contributed by atoms with Crippen LogP contribution in [0.3, 0.4) is 0 Å². The van der Waals surface area contributed by atoms with E-state index in [-0.39, 0.29) is 5.41 Å². The quantitative estimate of drug-likeness (QED) is 0.691. The molecule has 2 atom stereocenters. The number of hydrogen-bond acceptors (Lipinski definition) is 3. The zero-order chi connectivity index (χ0) is 16.6. The summed E-state index contributed by atoms with van der Waals surface area (Å²) in [5.41, 5.74) is 0.633. The van der Waals surface area contributed by atoms with Crippen LogP contribution in [0.5, 0.6) is 11.5 Å². The normalized spacial score (nSPS) is 32.8. The van der Waals surface area contributed by atoms with E-state index in [4.69, 9.17) is 14.2 Å². The van der Waals surface area contributed by atoms with Gasteiger partial charge in [0.15, 0.2) is 0 Å². The molecule has 3 heteroatoms. The highest BCUT2D eigenvalue weighted by Crippen LogP contribution is 2.61. The van der Waals surface area contributed by atoms with Crippen LogP contribution in [0.15, 0.2) is 24.3 Å². The Hall–Kier alpha value is -1.22. The number of benzene rings is 1. The second kappa shape index (κ2) is 6.25. The summed E-state index contributed by atoms with van der Waals surface area (Å²) in [6.07, 6.45) is 6.53. The maximum atomic E-state index is 6.19. The predicted molar refractivity (Wildman–Crippen MR) is 94.5 cm³/mol. The minimum Gasteiger partial charge on any atom is -0.493 e. The molecule has 3 aliphatic rings. The van der Waals surface area contributed by atoms with E-state index < -0.39 is 0 Å². The first-order valence-electron chi connectivity index (χ1n) is 9.59. The lowest BCUT2D eigenvalue weighted by Gasteiger charge is -2.40. The summed E-state index contributed by atoms with van der Waals surface area (Å²) in [7, 11) is 0. The zero-order valence-corrected chi connectivity index (χ0v) is 15.1. The Bertz CT molecular complexity index is 563. The van der Waals surface area contributed by atoms with Gasteiger partial charge in [0.05, 0.1) is 31.8 Å². The van der Waals surface area contributed by atoms with E-state index in [1.165, 1.54) is 25.7 Å². The van der Waals surface area contributed by atoms with Crippen molar-refractivity contribution in [2.45, 2.75) is 46.0 Å². The SMILES string of the molecule is CCC1(COc2cccc(OCC3(CC)CC4CC4C3)c2)COC1. The molecule has 1 aliphatic heterocycles. The van der Waals surface area contributed by atoms with Crippen LogP contribution in [-0.2, 0) is 4.74 Å². The highest BCUT2D eigenvalue weighted by molar-refractivity contribution is 5.33. The van der Waals surface area contributed by atoms with Gasteiger partial charge < -0.3 is 14.2 Å². The number of hydrogen-bond donors (Lipinski definition) is 0. The van der Waals surface area contributed by atoms with Crippen molar-refractivity contribution < 1.29 is 14.2 Å². The first-order valence-corrected chi connectivity index (χ1v) is 9.59. The van der Waals surface area contributed by atoms with Crippen LogP contribution >= 0.6 is 0 Å². The molecule has 2 saturated carbocycles. The Morgan fingerprint density at radius 3 is 2.04 bits per heavy atom. The molecule has 1 heterocycles. The maximum absolute atomic E-state index is 6.19. The van der Waals surface area contributed by atoms with Crippen molar-refractivity contribution in [1.82, 2.24) is 0 Å². The van der Waals surface area contributed by atoms with E-state index in [2.05, 4.69) is 13.8 Å². The van der Waals surface area contributed by atoms with E-state index in [0.29, 0.717) is 5.41 Å². The van der Waals surface area contributed by atoms with E-state index >= 15 is 0 Å². The fourth-order valence-corrected chi connectivity index (χ4v) is 4.42. The fraction of sp³-hybridized carbons (Fsp3) is 0.714. The lowest BCUT2D eigenvalue weighted by molar-refractivity contribution is -0.133. The molecule has 0 amide bonds. The van der Waals surface area contributed by atoms with Crippen molar-refractivity contribution >= 4 is 0 Å². The average molecular weight is 330 g/mol. The molecule has 24 heavy (non-hydrogen) atoms. The number of ether oxygens (including phenoxy) is 3. The monoisotopic (exact) mass is 330 g/mol. The van der Waals surface area contributed by atoms with Crippen molar-refractivity contribution in [3.8, 4) is 11.5 Å². The third kappa shape index (κ3) is 3.15. The molecule has 0 spiro atoms. The second-order valence-electron chi connectivity index (χ2n) is 8.42. The van der Waals surface area contributed by atoms with Crippen LogP contribution in [0.4, 0.5) is 0 Å². The molecular weight excluding hydrogens is 300 g/mol. The van der Waals surface area contributed by atoms with Gasteiger partial charge in [-0.1, -0.05) is 19.9 Å². The van der Waals surface area contributed by atoms with Crippen molar-refractivity contribution in [1.29, 1.82) is 0 Å². The van der Waals surface area contributed by atoms with Crippen molar-refractivity contribution in [2.75, 3.05) is 26.4 Å². The molecule has 3 nitrogen and oxygen atoms in total. The van der Waals surface area contributed by atoms with E-state index in [9.17, 15) is 0 Å². The van der Waals surface area contributed by atoms with E-state index in [1.54, 1.807) is 0 Å². The van der Waals surface area contributed by atoms with Gasteiger partial charge in [0, 0.05) is 11.5 Å². The lowest BCUT2D eigenvalue weighted by Crippen LogP contribution is -2.46. The van der Waals surface area contributed by atoms with Crippen LogP contribution in [0.1, 0.15) is 46.0 Å². The Morgan fingerprint density at radius 2 is 1.54 bits per heavy atom. The molecule has 1 aromatic carbocycles. The standard InChI is InChI=1S/C21H30O3/c1-3-20(10-16-8-17(16)11-20)14-23-18-6-5-7-19(9-18)24-15-21(4-2)12-22-13-21/h5-7,9,16-17H,3-4,8,10-15H2,1-2H3. The van der Waals surface area contributed by atoms with Gasteiger partial charge in [0.2, 0.25) is 0 Å². The highest BCUT2D eigenvalue weighted by Gasteiger charge is 2.53. The molecule has 2 aliphatic carbocycles. The Balaban J connectivity index is 1.32. The van der Waals surface area contributed by atoms with Crippen LogP contribution in [-0.4, -0.2) is 26.4 Å². The van der Waals surface area contributed by atoms with Crippen LogP contribution in [0.2, 0.25) is 0 Å². The summed E-state index contributed by atoms with van der Waals surface area (Å²) < 4.78 is 17.6. The van der Waals surface area contributed by atoms with Crippen molar-refractivity contribution in [2.24, 2.45) is 22.7 Å². The molecule has 0 bridgehead atoms. The summed E-state index contributed by atoms with van der Waals surface area (Å²) in [4.78, 5) is 0. The molecule has 1 aromatic rings. The smallest absolute Gasteiger partial charge is 0.123 e. The van der Waals surface area contributed by atoms with Crippen LogP contribution in [0.25, 0.3) is 0 Å². The van der Waals surface area contributed by atoms with Gasteiger partial charge >= 0.3 is 0 Å². The third-order valence-electron chi connectivity index (χ3n) is 6.67. The second-order valence-corrected chi connectivity index (χ2v) is 8.42. The Labute approximate surface area is 145 Å². The molecule has 0 aromatic heterocycles. The summed E-state index contributed by atoms with van der Waals surface area (Å²) in [5.74, 6) is 3.85. The lowest BCUT2D eigenvalue weighted by atomic mass is 9.81. The largest absolute Gasteiger partial charge is 0.493 e. The first kappa shape index (κ1) is 16.3. The molecule has 4 rings (SSSR count).